The van der Waals surface area contributed by atoms with Crippen LogP contribution in [0.25, 0.3) is 0 Å². The van der Waals surface area contributed by atoms with Crippen LogP contribution in [0.4, 0.5) is 13.2 Å². The van der Waals surface area contributed by atoms with Crippen molar-refractivity contribution in [1.29, 1.82) is 0 Å². The summed E-state index contributed by atoms with van der Waals surface area (Å²) in [5, 5.41) is 9.35. The first-order chi connectivity index (χ1) is 7.34. The Balaban J connectivity index is 0.00000256. The van der Waals surface area contributed by atoms with Gasteiger partial charge in [-0.05, 0) is 12.3 Å². The third-order valence-corrected chi connectivity index (χ3v) is 2.27. The Bertz CT molecular complexity index is 399. The second kappa shape index (κ2) is 6.12. The molecule has 1 aromatic rings. The van der Waals surface area contributed by atoms with Gasteiger partial charge in [0.1, 0.15) is 5.75 Å². The van der Waals surface area contributed by atoms with E-state index in [1.807, 2.05) is 13.8 Å². The summed E-state index contributed by atoms with van der Waals surface area (Å²) in [7, 11) is 0. The number of hydrogen-bond acceptors (Lipinski definition) is 2. The Labute approximate surface area is 104 Å². The molecule has 3 N–H and O–H groups in total. The third kappa shape index (κ3) is 3.51. The molecule has 0 heterocycles. The largest absolute Gasteiger partial charge is 0.507 e. The van der Waals surface area contributed by atoms with Crippen LogP contribution in [0, 0.1) is 23.4 Å². The zero-order chi connectivity index (χ0) is 12.5. The van der Waals surface area contributed by atoms with Gasteiger partial charge in [0.05, 0.1) is 0 Å². The molecule has 6 heteroatoms. The van der Waals surface area contributed by atoms with Crippen molar-refractivity contribution in [3.63, 3.8) is 0 Å². The van der Waals surface area contributed by atoms with Gasteiger partial charge in [0.15, 0.2) is 17.5 Å². The topological polar surface area (TPSA) is 46.2 Å². The highest BCUT2D eigenvalue weighted by Gasteiger charge is 2.23. The number of phenolic OH excluding ortho intramolecular Hbond substituents is 1. The summed E-state index contributed by atoms with van der Waals surface area (Å²) < 4.78 is 39.1. The molecular weight excluding hydrogens is 255 g/mol. The van der Waals surface area contributed by atoms with Crippen LogP contribution in [0.15, 0.2) is 6.07 Å². The van der Waals surface area contributed by atoms with Crippen molar-refractivity contribution in [1.82, 2.24) is 0 Å². The lowest BCUT2D eigenvalue weighted by atomic mass is 9.96. The van der Waals surface area contributed by atoms with Crippen molar-refractivity contribution < 1.29 is 18.3 Å². The van der Waals surface area contributed by atoms with Crippen LogP contribution in [0.1, 0.15) is 31.9 Å². The predicted octanol–water partition coefficient (Wildman–Crippen LogP) is 3.28. The first-order valence-corrected chi connectivity index (χ1v) is 4.96. The molecular formula is C11H15ClF3NO. The van der Waals surface area contributed by atoms with Crippen molar-refractivity contribution >= 4 is 12.4 Å². The van der Waals surface area contributed by atoms with Gasteiger partial charge in [0, 0.05) is 17.7 Å². The number of hydrogen-bond donors (Lipinski definition) is 2. The standard InChI is InChI=1S/C11H14F3NO.ClH/c1-5(2)3-7(15)9-8(16)4-6(12)10(13)11(9)14;/h4-5,7,16H,3,15H2,1-2H3;1H/t7-;/m0./s1. The first-order valence-electron chi connectivity index (χ1n) is 4.96. The highest BCUT2D eigenvalue weighted by atomic mass is 35.5. The Kier molecular flexibility index (Phi) is 5.78. The fourth-order valence-electron chi connectivity index (χ4n) is 1.58. The van der Waals surface area contributed by atoms with Gasteiger partial charge in [-0.2, -0.15) is 0 Å². The molecule has 0 amide bonds. The summed E-state index contributed by atoms with van der Waals surface area (Å²) in [5.41, 5.74) is 5.26. The highest BCUT2D eigenvalue weighted by Crippen LogP contribution is 2.32. The maximum atomic E-state index is 13.4. The summed E-state index contributed by atoms with van der Waals surface area (Å²) in [6, 6.07) is -0.316. The molecule has 0 aromatic heterocycles. The summed E-state index contributed by atoms with van der Waals surface area (Å²) in [6.07, 6.45) is 0.371. The number of benzene rings is 1. The van der Waals surface area contributed by atoms with E-state index in [-0.39, 0.29) is 23.9 Å². The number of rotatable bonds is 3. The van der Waals surface area contributed by atoms with E-state index in [1.165, 1.54) is 0 Å². The molecule has 0 aliphatic carbocycles. The van der Waals surface area contributed by atoms with Crippen LogP contribution in [0.2, 0.25) is 0 Å². The van der Waals surface area contributed by atoms with Crippen LogP contribution >= 0.6 is 12.4 Å². The number of aromatic hydroxyl groups is 1. The fourth-order valence-corrected chi connectivity index (χ4v) is 1.58. The maximum Gasteiger partial charge on any atom is 0.195 e. The SMILES string of the molecule is CC(C)C[C@H](N)c1c(O)cc(F)c(F)c1F.Cl. The average molecular weight is 270 g/mol. The van der Waals surface area contributed by atoms with Crippen molar-refractivity contribution in [3.05, 3.63) is 29.1 Å². The van der Waals surface area contributed by atoms with Crippen molar-refractivity contribution in [2.75, 3.05) is 0 Å². The van der Waals surface area contributed by atoms with E-state index >= 15 is 0 Å². The second-order valence-corrected chi connectivity index (χ2v) is 4.16. The minimum absolute atomic E-state index is 0. The Morgan fingerprint density at radius 2 is 1.76 bits per heavy atom. The summed E-state index contributed by atoms with van der Waals surface area (Å²) in [6.45, 7) is 3.71. The zero-order valence-corrected chi connectivity index (χ0v) is 10.3. The molecule has 17 heavy (non-hydrogen) atoms. The van der Waals surface area contributed by atoms with Crippen LogP contribution in [-0.4, -0.2) is 5.11 Å². The molecule has 0 saturated carbocycles. The monoisotopic (exact) mass is 269 g/mol. The molecule has 1 rings (SSSR count). The van der Waals surface area contributed by atoms with E-state index in [2.05, 4.69) is 0 Å². The number of halogens is 4. The van der Waals surface area contributed by atoms with Gasteiger partial charge in [0.2, 0.25) is 0 Å². The van der Waals surface area contributed by atoms with Crippen molar-refractivity contribution in [2.24, 2.45) is 11.7 Å². The zero-order valence-electron chi connectivity index (χ0n) is 9.51. The van der Waals surface area contributed by atoms with Crippen LogP contribution in [0.5, 0.6) is 5.75 Å². The van der Waals surface area contributed by atoms with Gasteiger partial charge >= 0.3 is 0 Å². The minimum atomic E-state index is -1.60. The highest BCUT2D eigenvalue weighted by molar-refractivity contribution is 5.85. The van der Waals surface area contributed by atoms with Crippen LogP contribution < -0.4 is 5.73 Å². The molecule has 0 saturated heterocycles. The van der Waals surface area contributed by atoms with Gasteiger partial charge in [0.25, 0.3) is 0 Å². The fraction of sp³-hybridized carbons (Fsp3) is 0.455. The summed E-state index contributed by atoms with van der Waals surface area (Å²) >= 11 is 0. The average Bonchev–Trinajstić information content (AvgIpc) is 2.13. The molecule has 0 aliphatic rings. The van der Waals surface area contributed by atoms with Gasteiger partial charge in [-0.1, -0.05) is 13.8 Å². The molecule has 0 unspecified atom stereocenters. The predicted molar refractivity (Wildman–Crippen MR) is 61.6 cm³/mol. The Morgan fingerprint density at radius 1 is 1.24 bits per heavy atom. The van der Waals surface area contributed by atoms with E-state index in [1.54, 1.807) is 0 Å². The molecule has 0 radical (unpaired) electrons. The molecule has 0 spiro atoms. The lowest BCUT2D eigenvalue weighted by Crippen LogP contribution is -2.16. The Hall–Kier alpha value is -0.940. The summed E-state index contributed by atoms with van der Waals surface area (Å²) in [4.78, 5) is 0. The van der Waals surface area contributed by atoms with Gasteiger partial charge in [-0.25, -0.2) is 13.2 Å². The number of phenols is 1. The van der Waals surface area contributed by atoms with E-state index < -0.39 is 29.2 Å². The summed E-state index contributed by atoms with van der Waals surface area (Å²) in [5.74, 6) is -4.93. The number of nitrogens with two attached hydrogens (primary N) is 1. The third-order valence-electron chi connectivity index (χ3n) is 2.27. The van der Waals surface area contributed by atoms with Crippen LogP contribution in [0.3, 0.4) is 0 Å². The second-order valence-electron chi connectivity index (χ2n) is 4.16. The van der Waals surface area contributed by atoms with E-state index in [0.29, 0.717) is 12.5 Å². The van der Waals surface area contributed by atoms with Gasteiger partial charge in [-0.3, -0.25) is 0 Å². The molecule has 0 fully saturated rings. The van der Waals surface area contributed by atoms with Crippen molar-refractivity contribution in [3.8, 4) is 5.75 Å². The lowest BCUT2D eigenvalue weighted by Gasteiger charge is -2.17. The quantitative estimate of drug-likeness (QED) is 0.827. The normalized spacial score (nSPS) is 12.4. The molecule has 1 aromatic carbocycles. The maximum absolute atomic E-state index is 13.4. The smallest absolute Gasteiger partial charge is 0.195 e. The molecule has 98 valence electrons. The Morgan fingerprint density at radius 3 is 2.24 bits per heavy atom. The first kappa shape index (κ1) is 16.1. The molecule has 0 aliphatic heterocycles. The van der Waals surface area contributed by atoms with E-state index in [9.17, 15) is 18.3 Å². The van der Waals surface area contributed by atoms with Gasteiger partial charge in [-0.15, -0.1) is 12.4 Å². The van der Waals surface area contributed by atoms with E-state index in [0.717, 1.165) is 0 Å². The minimum Gasteiger partial charge on any atom is -0.507 e. The van der Waals surface area contributed by atoms with E-state index in [4.69, 9.17) is 5.73 Å². The van der Waals surface area contributed by atoms with Gasteiger partial charge < -0.3 is 10.8 Å². The molecule has 2 nitrogen and oxygen atoms in total. The molecule has 1 atom stereocenters. The molecule has 0 bridgehead atoms. The van der Waals surface area contributed by atoms with Crippen LogP contribution in [-0.2, 0) is 0 Å². The lowest BCUT2D eigenvalue weighted by molar-refractivity contribution is 0.390. The van der Waals surface area contributed by atoms with Crippen molar-refractivity contribution in [2.45, 2.75) is 26.3 Å².